The maximum absolute atomic E-state index is 13.9. The molecule has 0 aliphatic carbocycles. The van der Waals surface area contributed by atoms with Crippen LogP contribution >= 0.6 is 0 Å². The van der Waals surface area contributed by atoms with Crippen LogP contribution in [-0.2, 0) is 0 Å². The van der Waals surface area contributed by atoms with Crippen molar-refractivity contribution in [3.05, 3.63) is 29.3 Å². The summed E-state index contributed by atoms with van der Waals surface area (Å²) < 4.78 is 32.3. The van der Waals surface area contributed by atoms with Gasteiger partial charge in [-0.2, -0.15) is 0 Å². The molecule has 1 aromatic rings. The summed E-state index contributed by atoms with van der Waals surface area (Å²) in [5.74, 6) is -1.03. The molecule has 0 radical (unpaired) electrons. The van der Waals surface area contributed by atoms with Gasteiger partial charge < -0.3 is 9.64 Å². The average molecular weight is 241 g/mol. The molecular weight excluding hydrogens is 224 g/mol. The predicted octanol–water partition coefficient (Wildman–Crippen LogP) is 2.78. The van der Waals surface area contributed by atoms with E-state index in [2.05, 4.69) is 4.90 Å². The Morgan fingerprint density at radius 3 is 2.47 bits per heavy atom. The highest BCUT2D eigenvalue weighted by Crippen LogP contribution is 2.36. The van der Waals surface area contributed by atoms with Gasteiger partial charge in [-0.3, -0.25) is 0 Å². The second-order valence-corrected chi connectivity index (χ2v) is 4.55. The van der Waals surface area contributed by atoms with Crippen LogP contribution in [0.25, 0.3) is 0 Å². The van der Waals surface area contributed by atoms with Crippen molar-refractivity contribution >= 4 is 0 Å². The lowest BCUT2D eigenvalue weighted by Gasteiger charge is -2.30. The van der Waals surface area contributed by atoms with Gasteiger partial charge in [0.15, 0.2) is 11.6 Å². The minimum atomic E-state index is -0.792. The lowest BCUT2D eigenvalue weighted by atomic mass is 9.88. The summed E-state index contributed by atoms with van der Waals surface area (Å²) in [6, 6.07) is 2.62. The van der Waals surface area contributed by atoms with Crippen LogP contribution in [0.2, 0.25) is 0 Å². The summed E-state index contributed by atoms with van der Waals surface area (Å²) in [6.07, 6.45) is 1.68. The van der Waals surface area contributed by atoms with Crippen molar-refractivity contribution in [2.24, 2.45) is 0 Å². The molecular formula is C13H17F2NO. The van der Waals surface area contributed by atoms with Crippen molar-refractivity contribution < 1.29 is 13.5 Å². The predicted molar refractivity (Wildman–Crippen MR) is 62.4 cm³/mol. The Kier molecular flexibility index (Phi) is 3.62. The molecule has 0 amide bonds. The van der Waals surface area contributed by atoms with Gasteiger partial charge in [0.25, 0.3) is 0 Å². The highest BCUT2D eigenvalue weighted by atomic mass is 19.2. The minimum Gasteiger partial charge on any atom is -0.496 e. The van der Waals surface area contributed by atoms with Crippen LogP contribution in [0.15, 0.2) is 12.1 Å². The van der Waals surface area contributed by atoms with E-state index < -0.39 is 11.6 Å². The van der Waals surface area contributed by atoms with Crippen LogP contribution in [-0.4, -0.2) is 32.1 Å². The molecule has 0 aromatic heterocycles. The Bertz CT molecular complexity index is 401. The average Bonchev–Trinajstić information content (AvgIpc) is 2.34. The number of likely N-dealkylation sites (tertiary alicyclic amines) is 1. The lowest BCUT2D eigenvalue weighted by molar-refractivity contribution is 0.248. The lowest BCUT2D eigenvalue weighted by Crippen LogP contribution is -2.29. The highest BCUT2D eigenvalue weighted by Gasteiger charge is 2.26. The first kappa shape index (κ1) is 12.3. The fourth-order valence-electron chi connectivity index (χ4n) is 2.40. The second kappa shape index (κ2) is 5.00. The summed E-state index contributed by atoms with van der Waals surface area (Å²) in [5, 5.41) is 0. The van der Waals surface area contributed by atoms with E-state index in [-0.39, 0.29) is 5.92 Å². The van der Waals surface area contributed by atoms with Crippen LogP contribution in [0.5, 0.6) is 5.75 Å². The van der Waals surface area contributed by atoms with Gasteiger partial charge in [0.1, 0.15) is 5.75 Å². The zero-order valence-electron chi connectivity index (χ0n) is 10.2. The van der Waals surface area contributed by atoms with Gasteiger partial charge in [0.2, 0.25) is 0 Å². The Morgan fingerprint density at radius 1 is 1.24 bits per heavy atom. The van der Waals surface area contributed by atoms with Crippen molar-refractivity contribution in [1.82, 2.24) is 4.90 Å². The largest absolute Gasteiger partial charge is 0.496 e. The zero-order chi connectivity index (χ0) is 12.4. The quantitative estimate of drug-likeness (QED) is 0.789. The molecule has 1 fully saturated rings. The number of benzene rings is 1. The number of hydrogen-bond donors (Lipinski definition) is 0. The van der Waals surface area contributed by atoms with Gasteiger partial charge in [-0.15, -0.1) is 0 Å². The van der Waals surface area contributed by atoms with Crippen LogP contribution in [0.4, 0.5) is 8.78 Å². The van der Waals surface area contributed by atoms with Gasteiger partial charge in [-0.25, -0.2) is 8.78 Å². The molecule has 1 aliphatic heterocycles. The Hall–Kier alpha value is -1.16. The molecule has 94 valence electrons. The summed E-state index contributed by atoms with van der Waals surface area (Å²) in [7, 11) is 3.53. The van der Waals surface area contributed by atoms with E-state index in [9.17, 15) is 8.78 Å². The number of rotatable bonds is 2. The van der Waals surface area contributed by atoms with E-state index in [0.717, 1.165) is 32.0 Å². The number of halogens is 2. The molecule has 1 aromatic carbocycles. The third-order valence-corrected chi connectivity index (χ3v) is 3.44. The zero-order valence-corrected chi connectivity index (χ0v) is 10.2. The number of methoxy groups -OCH3 is 1. The van der Waals surface area contributed by atoms with Crippen LogP contribution in [0.3, 0.4) is 0 Å². The van der Waals surface area contributed by atoms with Crippen LogP contribution in [0, 0.1) is 11.6 Å². The van der Waals surface area contributed by atoms with Crippen molar-refractivity contribution in [3.8, 4) is 5.75 Å². The number of ether oxygens (including phenoxy) is 1. The van der Waals surface area contributed by atoms with E-state index in [0.29, 0.717) is 11.3 Å². The molecule has 1 aliphatic rings. The summed E-state index contributed by atoms with van der Waals surface area (Å²) >= 11 is 0. The molecule has 2 rings (SSSR count). The van der Waals surface area contributed by atoms with E-state index in [4.69, 9.17) is 4.74 Å². The molecule has 0 spiro atoms. The normalized spacial score (nSPS) is 18.4. The topological polar surface area (TPSA) is 12.5 Å². The van der Waals surface area contributed by atoms with Crippen molar-refractivity contribution in [3.63, 3.8) is 0 Å². The molecule has 4 heteroatoms. The standard InChI is InChI=1S/C13H17F2NO/c1-16-7-5-9(6-8-16)12-11(17-2)4-3-10(14)13(12)15/h3-4,9H,5-8H2,1-2H3. The van der Waals surface area contributed by atoms with E-state index in [1.165, 1.54) is 13.2 Å². The van der Waals surface area contributed by atoms with Gasteiger partial charge in [0, 0.05) is 5.56 Å². The van der Waals surface area contributed by atoms with Gasteiger partial charge in [0.05, 0.1) is 7.11 Å². The summed E-state index contributed by atoms with van der Waals surface area (Å²) in [4.78, 5) is 2.19. The Balaban J connectivity index is 2.33. The molecule has 0 unspecified atom stereocenters. The third-order valence-electron chi connectivity index (χ3n) is 3.44. The van der Waals surface area contributed by atoms with Gasteiger partial charge in [-0.05, 0) is 51.0 Å². The van der Waals surface area contributed by atoms with E-state index >= 15 is 0 Å². The maximum atomic E-state index is 13.9. The highest BCUT2D eigenvalue weighted by molar-refractivity contribution is 5.38. The van der Waals surface area contributed by atoms with E-state index in [1.807, 2.05) is 7.05 Å². The minimum absolute atomic E-state index is 0.0526. The fraction of sp³-hybridized carbons (Fsp3) is 0.538. The molecule has 1 saturated heterocycles. The smallest absolute Gasteiger partial charge is 0.165 e. The number of piperidine rings is 1. The first-order chi connectivity index (χ1) is 8.13. The molecule has 17 heavy (non-hydrogen) atoms. The summed E-state index contributed by atoms with van der Waals surface area (Å²) in [5.41, 5.74) is 0.403. The van der Waals surface area contributed by atoms with Crippen molar-refractivity contribution in [1.29, 1.82) is 0 Å². The van der Waals surface area contributed by atoms with Crippen molar-refractivity contribution in [2.75, 3.05) is 27.2 Å². The Labute approximate surface area is 100 Å². The molecule has 0 atom stereocenters. The fourth-order valence-corrected chi connectivity index (χ4v) is 2.40. The first-order valence-corrected chi connectivity index (χ1v) is 5.84. The van der Waals surface area contributed by atoms with Gasteiger partial charge >= 0.3 is 0 Å². The molecule has 0 bridgehead atoms. The molecule has 1 heterocycles. The summed E-state index contributed by atoms with van der Waals surface area (Å²) in [6.45, 7) is 1.81. The van der Waals surface area contributed by atoms with E-state index in [1.54, 1.807) is 0 Å². The SMILES string of the molecule is COc1ccc(F)c(F)c1C1CCN(C)CC1. The number of hydrogen-bond acceptors (Lipinski definition) is 2. The Morgan fingerprint density at radius 2 is 1.88 bits per heavy atom. The molecule has 0 saturated carbocycles. The maximum Gasteiger partial charge on any atom is 0.165 e. The molecule has 2 nitrogen and oxygen atoms in total. The third kappa shape index (κ3) is 2.41. The van der Waals surface area contributed by atoms with Crippen molar-refractivity contribution in [2.45, 2.75) is 18.8 Å². The van der Waals surface area contributed by atoms with Crippen LogP contribution < -0.4 is 4.74 Å². The second-order valence-electron chi connectivity index (χ2n) is 4.55. The molecule has 0 N–H and O–H groups in total. The van der Waals surface area contributed by atoms with Gasteiger partial charge in [-0.1, -0.05) is 0 Å². The van der Waals surface area contributed by atoms with Crippen LogP contribution in [0.1, 0.15) is 24.3 Å². The number of nitrogens with zero attached hydrogens (tertiary/aromatic N) is 1. The first-order valence-electron chi connectivity index (χ1n) is 5.84. The monoisotopic (exact) mass is 241 g/mol.